The van der Waals surface area contributed by atoms with Crippen molar-refractivity contribution in [2.45, 2.75) is 18.9 Å². The van der Waals surface area contributed by atoms with Gasteiger partial charge in [0.15, 0.2) is 0 Å². The summed E-state index contributed by atoms with van der Waals surface area (Å²) in [7, 11) is 0. The minimum atomic E-state index is -0.656. The zero-order valence-corrected chi connectivity index (χ0v) is 10.8. The molecule has 4 N–H and O–H groups in total. The molecule has 0 saturated carbocycles. The number of anilines is 1. The Balaban J connectivity index is 1.90. The monoisotopic (exact) mass is 273 g/mol. The number of benzene rings is 1. The van der Waals surface area contributed by atoms with Crippen LogP contribution in [0.15, 0.2) is 30.3 Å². The number of nitrogen functional groups attached to an aromatic ring is 1. The van der Waals surface area contributed by atoms with E-state index in [9.17, 15) is 14.4 Å². The van der Waals surface area contributed by atoms with Crippen molar-refractivity contribution in [3.8, 4) is 0 Å². The van der Waals surface area contributed by atoms with Crippen LogP contribution in [-0.4, -0.2) is 23.8 Å². The van der Waals surface area contributed by atoms with Crippen LogP contribution in [0.2, 0.25) is 0 Å². The number of carbonyl (C=O) groups is 3. The lowest BCUT2D eigenvalue weighted by Gasteiger charge is -2.20. The fraction of sp³-hybridized carbons (Fsp3) is 0.214. The van der Waals surface area contributed by atoms with Crippen LogP contribution in [-0.2, 0) is 14.4 Å². The van der Waals surface area contributed by atoms with Crippen molar-refractivity contribution < 1.29 is 14.4 Å². The molecule has 0 spiro atoms. The van der Waals surface area contributed by atoms with Crippen LogP contribution in [0, 0.1) is 0 Å². The van der Waals surface area contributed by atoms with E-state index in [0.717, 1.165) is 5.56 Å². The minimum Gasteiger partial charge on any atom is -0.399 e. The van der Waals surface area contributed by atoms with Gasteiger partial charge >= 0.3 is 0 Å². The first kappa shape index (κ1) is 13.8. The fourth-order valence-corrected chi connectivity index (χ4v) is 1.83. The number of imide groups is 1. The molecular weight excluding hydrogens is 258 g/mol. The smallest absolute Gasteiger partial charge is 0.249 e. The Kier molecular flexibility index (Phi) is 4.14. The summed E-state index contributed by atoms with van der Waals surface area (Å²) >= 11 is 0. The van der Waals surface area contributed by atoms with Crippen LogP contribution in [0.1, 0.15) is 18.4 Å². The maximum absolute atomic E-state index is 11.7. The molecule has 0 aromatic heterocycles. The topological polar surface area (TPSA) is 101 Å². The first-order valence-electron chi connectivity index (χ1n) is 6.22. The SMILES string of the molecule is Nc1ccc(/C=C/C(=O)NC2CCC(=O)NC2=O)cc1. The molecule has 1 aromatic rings. The van der Waals surface area contributed by atoms with Gasteiger partial charge < -0.3 is 11.1 Å². The van der Waals surface area contributed by atoms with Crippen molar-refractivity contribution in [3.63, 3.8) is 0 Å². The van der Waals surface area contributed by atoms with E-state index in [4.69, 9.17) is 5.73 Å². The Hall–Kier alpha value is -2.63. The second-order valence-electron chi connectivity index (χ2n) is 4.51. The summed E-state index contributed by atoms with van der Waals surface area (Å²) in [6, 6.07) is 6.38. The highest BCUT2D eigenvalue weighted by Gasteiger charge is 2.27. The summed E-state index contributed by atoms with van der Waals surface area (Å²) in [5, 5.41) is 4.74. The van der Waals surface area contributed by atoms with Crippen LogP contribution < -0.4 is 16.4 Å². The van der Waals surface area contributed by atoms with Gasteiger partial charge in [-0.25, -0.2) is 0 Å². The number of piperidine rings is 1. The number of amides is 3. The molecule has 3 amide bonds. The Bertz CT molecular complexity index is 564. The molecule has 1 aliphatic heterocycles. The number of nitrogens with one attached hydrogen (secondary N) is 2. The van der Waals surface area contributed by atoms with Crippen LogP contribution in [0.25, 0.3) is 6.08 Å². The molecule has 0 radical (unpaired) electrons. The maximum Gasteiger partial charge on any atom is 0.249 e. The van der Waals surface area contributed by atoms with Gasteiger partial charge in [-0.05, 0) is 30.2 Å². The normalized spacial score (nSPS) is 18.9. The molecule has 1 aromatic carbocycles. The van der Waals surface area contributed by atoms with Gasteiger partial charge in [0.05, 0.1) is 0 Å². The summed E-state index contributed by atoms with van der Waals surface area (Å²) in [6.45, 7) is 0. The lowest BCUT2D eigenvalue weighted by molar-refractivity contribution is -0.136. The third-order valence-corrected chi connectivity index (χ3v) is 2.92. The van der Waals surface area contributed by atoms with E-state index in [1.54, 1.807) is 30.3 Å². The average molecular weight is 273 g/mol. The summed E-state index contributed by atoms with van der Waals surface area (Å²) < 4.78 is 0. The highest BCUT2D eigenvalue weighted by Crippen LogP contribution is 2.07. The second kappa shape index (κ2) is 6.01. The van der Waals surface area contributed by atoms with E-state index in [2.05, 4.69) is 10.6 Å². The molecule has 0 aliphatic carbocycles. The van der Waals surface area contributed by atoms with Crippen molar-refractivity contribution in [1.82, 2.24) is 10.6 Å². The number of nitrogens with two attached hydrogens (primary N) is 1. The van der Waals surface area contributed by atoms with E-state index in [1.165, 1.54) is 6.08 Å². The molecule has 1 atom stereocenters. The highest BCUT2D eigenvalue weighted by atomic mass is 16.2. The summed E-state index contributed by atoms with van der Waals surface area (Å²) in [5.74, 6) is -1.15. The molecule has 104 valence electrons. The predicted octanol–water partition coefficient (Wildman–Crippen LogP) is 0.203. The van der Waals surface area contributed by atoms with E-state index in [-0.39, 0.29) is 18.2 Å². The van der Waals surface area contributed by atoms with Gasteiger partial charge in [0.1, 0.15) is 6.04 Å². The van der Waals surface area contributed by atoms with E-state index in [1.807, 2.05) is 0 Å². The second-order valence-corrected chi connectivity index (χ2v) is 4.51. The first-order valence-corrected chi connectivity index (χ1v) is 6.22. The number of hydrogen-bond donors (Lipinski definition) is 3. The molecule has 0 bridgehead atoms. The van der Waals surface area contributed by atoms with Crippen molar-refractivity contribution in [2.24, 2.45) is 0 Å². The third-order valence-electron chi connectivity index (χ3n) is 2.92. The van der Waals surface area contributed by atoms with Crippen LogP contribution in [0.4, 0.5) is 5.69 Å². The number of hydrogen-bond acceptors (Lipinski definition) is 4. The Morgan fingerprint density at radius 2 is 2.00 bits per heavy atom. The van der Waals surface area contributed by atoms with Crippen LogP contribution in [0.5, 0.6) is 0 Å². The lowest BCUT2D eigenvalue weighted by Crippen LogP contribution is -2.51. The molecule has 1 fully saturated rings. The van der Waals surface area contributed by atoms with Gasteiger partial charge in [-0.2, -0.15) is 0 Å². The number of rotatable bonds is 3. The lowest BCUT2D eigenvalue weighted by atomic mass is 10.1. The molecular formula is C14H15N3O3. The van der Waals surface area contributed by atoms with Crippen molar-refractivity contribution >= 4 is 29.5 Å². The highest BCUT2D eigenvalue weighted by molar-refractivity contribution is 6.03. The molecule has 1 heterocycles. The zero-order chi connectivity index (χ0) is 14.5. The third kappa shape index (κ3) is 3.68. The molecule has 1 aliphatic rings. The molecule has 1 saturated heterocycles. The van der Waals surface area contributed by atoms with E-state index < -0.39 is 11.9 Å². The fourth-order valence-electron chi connectivity index (χ4n) is 1.83. The first-order chi connectivity index (χ1) is 9.54. The molecule has 2 rings (SSSR count). The largest absolute Gasteiger partial charge is 0.399 e. The van der Waals surface area contributed by atoms with Gasteiger partial charge in [-0.15, -0.1) is 0 Å². The molecule has 6 nitrogen and oxygen atoms in total. The van der Waals surface area contributed by atoms with E-state index in [0.29, 0.717) is 12.1 Å². The van der Waals surface area contributed by atoms with Crippen molar-refractivity contribution in [2.75, 3.05) is 5.73 Å². The molecule has 1 unspecified atom stereocenters. The molecule has 6 heteroatoms. The van der Waals surface area contributed by atoms with Crippen molar-refractivity contribution in [1.29, 1.82) is 0 Å². The van der Waals surface area contributed by atoms with Crippen molar-refractivity contribution in [3.05, 3.63) is 35.9 Å². The Labute approximate surface area is 116 Å². The van der Waals surface area contributed by atoms with Crippen LogP contribution in [0.3, 0.4) is 0 Å². The summed E-state index contributed by atoms with van der Waals surface area (Å²) in [6.07, 6.45) is 3.53. The van der Waals surface area contributed by atoms with E-state index >= 15 is 0 Å². The van der Waals surface area contributed by atoms with Gasteiger partial charge in [0.2, 0.25) is 17.7 Å². The standard InChI is InChI=1S/C14H15N3O3/c15-10-4-1-9(2-5-10)3-7-12(18)16-11-6-8-13(19)17-14(11)20/h1-5,7,11H,6,8,15H2,(H,16,18)(H,17,19,20)/b7-3+. The van der Waals surface area contributed by atoms with Gasteiger partial charge in [-0.3, -0.25) is 19.7 Å². The quantitative estimate of drug-likeness (QED) is 0.416. The number of carbonyl (C=O) groups excluding carboxylic acids is 3. The van der Waals surface area contributed by atoms with Gasteiger partial charge in [-0.1, -0.05) is 12.1 Å². The average Bonchev–Trinajstić information content (AvgIpc) is 2.41. The zero-order valence-electron chi connectivity index (χ0n) is 10.8. The summed E-state index contributed by atoms with van der Waals surface area (Å²) in [5.41, 5.74) is 7.04. The predicted molar refractivity (Wildman–Crippen MR) is 74.2 cm³/mol. The Morgan fingerprint density at radius 3 is 2.65 bits per heavy atom. The van der Waals surface area contributed by atoms with Gasteiger partial charge in [0.25, 0.3) is 0 Å². The molecule has 20 heavy (non-hydrogen) atoms. The van der Waals surface area contributed by atoms with Gasteiger partial charge in [0, 0.05) is 18.2 Å². The summed E-state index contributed by atoms with van der Waals surface area (Å²) in [4.78, 5) is 34.1. The maximum atomic E-state index is 11.7. The Morgan fingerprint density at radius 1 is 1.30 bits per heavy atom. The van der Waals surface area contributed by atoms with Crippen LogP contribution >= 0.6 is 0 Å². The minimum absolute atomic E-state index is 0.234.